The Morgan fingerprint density at radius 2 is 2.14 bits per heavy atom. The van der Waals surface area contributed by atoms with Gasteiger partial charge in [0.25, 0.3) is 0 Å². The summed E-state index contributed by atoms with van der Waals surface area (Å²) in [6.45, 7) is 8.09. The van der Waals surface area contributed by atoms with Gasteiger partial charge >= 0.3 is 6.09 Å². The summed E-state index contributed by atoms with van der Waals surface area (Å²) in [7, 11) is 1.68. The number of carbonyl (C=O) groups excluding carboxylic acids is 1. The molecule has 0 saturated heterocycles. The van der Waals surface area contributed by atoms with Gasteiger partial charge < -0.3 is 23.9 Å². The molecule has 1 N–H and O–H groups in total. The molecular formula is C16H27NO5. The van der Waals surface area contributed by atoms with Crippen LogP contribution < -0.4 is 0 Å². The third-order valence-corrected chi connectivity index (χ3v) is 3.09. The molecule has 1 amide bonds. The van der Waals surface area contributed by atoms with Crippen LogP contribution in [-0.2, 0) is 9.47 Å². The molecule has 0 aliphatic rings. The second-order valence-electron chi connectivity index (χ2n) is 6.33. The maximum atomic E-state index is 12.3. The van der Waals surface area contributed by atoms with Gasteiger partial charge in [0.2, 0.25) is 0 Å². The Morgan fingerprint density at radius 1 is 1.45 bits per heavy atom. The summed E-state index contributed by atoms with van der Waals surface area (Å²) in [6.07, 6.45) is 1.16. The molecule has 1 heterocycles. The first-order chi connectivity index (χ1) is 10.3. The number of aliphatic hydroxyl groups excluding tert-OH is 1. The lowest BCUT2D eigenvalue weighted by molar-refractivity contribution is 0.00164. The van der Waals surface area contributed by atoms with Crippen LogP contribution in [0.1, 0.15) is 39.5 Å². The Labute approximate surface area is 132 Å². The molecule has 2 atom stereocenters. The minimum absolute atomic E-state index is 0.0183. The number of furan rings is 1. The first kappa shape index (κ1) is 18.5. The SMILES string of the molecule is CC(COCCO)[C@@H](c1ccco1)N(C)C(=O)OC(C)(C)C. The molecule has 0 saturated carbocycles. The van der Waals surface area contributed by atoms with Crippen molar-refractivity contribution in [2.75, 3.05) is 26.9 Å². The molecule has 1 aromatic rings. The predicted octanol–water partition coefficient (Wildman–Crippen LogP) is 2.83. The minimum Gasteiger partial charge on any atom is -0.467 e. The van der Waals surface area contributed by atoms with Gasteiger partial charge in [0.1, 0.15) is 11.4 Å². The van der Waals surface area contributed by atoms with Crippen molar-refractivity contribution in [2.45, 2.75) is 39.3 Å². The van der Waals surface area contributed by atoms with Crippen molar-refractivity contribution in [3.63, 3.8) is 0 Å². The van der Waals surface area contributed by atoms with E-state index in [4.69, 9.17) is 19.0 Å². The zero-order valence-electron chi connectivity index (χ0n) is 14.0. The topological polar surface area (TPSA) is 72.1 Å². The molecule has 1 aromatic heterocycles. The lowest BCUT2D eigenvalue weighted by Gasteiger charge is -2.33. The number of hydrogen-bond acceptors (Lipinski definition) is 5. The molecule has 0 radical (unpaired) electrons. The molecule has 0 bridgehead atoms. The number of hydrogen-bond donors (Lipinski definition) is 1. The average molecular weight is 313 g/mol. The Balaban J connectivity index is 2.84. The van der Waals surface area contributed by atoms with Gasteiger partial charge in [-0.25, -0.2) is 4.79 Å². The number of carbonyl (C=O) groups is 1. The van der Waals surface area contributed by atoms with Gasteiger partial charge in [-0.05, 0) is 32.9 Å². The van der Waals surface area contributed by atoms with Gasteiger partial charge in [-0.15, -0.1) is 0 Å². The van der Waals surface area contributed by atoms with E-state index in [0.717, 1.165) is 0 Å². The van der Waals surface area contributed by atoms with Crippen molar-refractivity contribution < 1.29 is 23.8 Å². The molecule has 0 aliphatic carbocycles. The molecule has 6 nitrogen and oxygen atoms in total. The van der Waals surface area contributed by atoms with E-state index in [9.17, 15) is 4.79 Å². The van der Waals surface area contributed by atoms with Crippen molar-refractivity contribution in [3.8, 4) is 0 Å². The Bertz CT molecular complexity index is 438. The molecule has 1 rings (SSSR count). The second-order valence-corrected chi connectivity index (χ2v) is 6.33. The van der Waals surface area contributed by atoms with Crippen LogP contribution >= 0.6 is 0 Å². The number of nitrogens with zero attached hydrogens (tertiary/aromatic N) is 1. The molecule has 1 unspecified atom stereocenters. The third-order valence-electron chi connectivity index (χ3n) is 3.09. The van der Waals surface area contributed by atoms with E-state index < -0.39 is 11.7 Å². The lowest BCUT2D eigenvalue weighted by atomic mass is 9.99. The summed E-state index contributed by atoms with van der Waals surface area (Å²) in [5.41, 5.74) is -0.560. The fourth-order valence-electron chi connectivity index (χ4n) is 2.18. The number of aliphatic hydroxyl groups is 1. The molecule has 0 spiro atoms. The first-order valence-corrected chi connectivity index (χ1v) is 7.44. The summed E-state index contributed by atoms with van der Waals surface area (Å²) in [4.78, 5) is 13.8. The van der Waals surface area contributed by atoms with Gasteiger partial charge in [-0.2, -0.15) is 0 Å². The van der Waals surface area contributed by atoms with E-state index in [1.165, 1.54) is 4.90 Å². The maximum absolute atomic E-state index is 12.3. The number of ether oxygens (including phenoxy) is 2. The van der Waals surface area contributed by atoms with Crippen molar-refractivity contribution >= 4 is 6.09 Å². The molecular weight excluding hydrogens is 286 g/mol. The largest absolute Gasteiger partial charge is 0.467 e. The van der Waals surface area contributed by atoms with E-state index in [2.05, 4.69) is 0 Å². The average Bonchev–Trinajstić information content (AvgIpc) is 2.91. The van der Waals surface area contributed by atoms with Crippen molar-refractivity contribution in [2.24, 2.45) is 5.92 Å². The molecule has 6 heteroatoms. The highest BCUT2D eigenvalue weighted by Crippen LogP contribution is 2.29. The summed E-state index contributed by atoms with van der Waals surface area (Å²) >= 11 is 0. The van der Waals surface area contributed by atoms with E-state index in [1.54, 1.807) is 19.4 Å². The molecule has 0 aliphatic heterocycles. The molecule has 0 aromatic carbocycles. The summed E-state index contributed by atoms with van der Waals surface area (Å²) < 4.78 is 16.3. The van der Waals surface area contributed by atoms with Gasteiger partial charge in [0.15, 0.2) is 0 Å². The second kappa shape index (κ2) is 8.19. The number of amides is 1. The van der Waals surface area contributed by atoms with Gasteiger partial charge in [0, 0.05) is 13.0 Å². The van der Waals surface area contributed by atoms with Crippen molar-refractivity contribution in [3.05, 3.63) is 24.2 Å². The minimum atomic E-state index is -0.560. The van der Waals surface area contributed by atoms with Crippen LogP contribution in [0.25, 0.3) is 0 Å². The summed E-state index contributed by atoms with van der Waals surface area (Å²) in [5, 5.41) is 8.80. The van der Waals surface area contributed by atoms with Crippen molar-refractivity contribution in [1.82, 2.24) is 4.90 Å². The van der Waals surface area contributed by atoms with Crippen LogP contribution in [0.4, 0.5) is 4.79 Å². The van der Waals surface area contributed by atoms with Gasteiger partial charge in [0.05, 0.1) is 32.1 Å². The lowest BCUT2D eigenvalue weighted by Crippen LogP contribution is -2.39. The van der Waals surface area contributed by atoms with E-state index >= 15 is 0 Å². The molecule has 126 valence electrons. The van der Waals surface area contributed by atoms with Crippen LogP contribution in [-0.4, -0.2) is 48.6 Å². The predicted molar refractivity (Wildman–Crippen MR) is 82.5 cm³/mol. The van der Waals surface area contributed by atoms with Crippen molar-refractivity contribution in [1.29, 1.82) is 0 Å². The Morgan fingerprint density at radius 3 is 2.64 bits per heavy atom. The third kappa shape index (κ3) is 5.69. The maximum Gasteiger partial charge on any atom is 0.410 e. The fourth-order valence-corrected chi connectivity index (χ4v) is 2.18. The standard InChI is InChI=1S/C16H27NO5/c1-12(11-20-10-8-18)14(13-7-6-9-21-13)17(5)15(19)22-16(2,3)4/h6-7,9,12,14,18H,8,10-11H2,1-5H3/t12?,14-/m0/s1. The highest BCUT2D eigenvalue weighted by atomic mass is 16.6. The van der Waals surface area contributed by atoms with E-state index in [-0.39, 0.29) is 25.2 Å². The van der Waals surface area contributed by atoms with Gasteiger partial charge in [-0.1, -0.05) is 6.92 Å². The fraction of sp³-hybridized carbons (Fsp3) is 0.688. The first-order valence-electron chi connectivity index (χ1n) is 7.44. The monoisotopic (exact) mass is 313 g/mol. The highest BCUT2D eigenvalue weighted by molar-refractivity contribution is 5.68. The van der Waals surface area contributed by atoms with Crippen LogP contribution in [0.2, 0.25) is 0 Å². The smallest absolute Gasteiger partial charge is 0.410 e. The summed E-state index contributed by atoms with van der Waals surface area (Å²) in [5.74, 6) is 0.656. The Hall–Kier alpha value is -1.53. The highest BCUT2D eigenvalue weighted by Gasteiger charge is 2.32. The zero-order chi connectivity index (χ0) is 16.8. The zero-order valence-corrected chi connectivity index (χ0v) is 14.0. The molecule has 0 fully saturated rings. The van der Waals surface area contributed by atoms with E-state index in [0.29, 0.717) is 12.4 Å². The van der Waals surface area contributed by atoms with Gasteiger partial charge in [-0.3, -0.25) is 0 Å². The van der Waals surface area contributed by atoms with Crippen LogP contribution in [0.15, 0.2) is 22.8 Å². The van der Waals surface area contributed by atoms with Crippen LogP contribution in [0, 0.1) is 5.92 Å². The molecule has 22 heavy (non-hydrogen) atoms. The Kier molecular flexibility index (Phi) is 6.90. The number of rotatable bonds is 7. The normalized spacial score (nSPS) is 14.5. The quantitative estimate of drug-likeness (QED) is 0.784. The van der Waals surface area contributed by atoms with Crippen LogP contribution in [0.5, 0.6) is 0 Å². The summed E-state index contributed by atoms with van der Waals surface area (Å²) in [6, 6.07) is 3.31. The van der Waals surface area contributed by atoms with E-state index in [1.807, 2.05) is 33.8 Å². The van der Waals surface area contributed by atoms with Crippen LogP contribution in [0.3, 0.4) is 0 Å².